The third-order valence-corrected chi connectivity index (χ3v) is 5.15. The van der Waals surface area contributed by atoms with Gasteiger partial charge in [-0.15, -0.1) is 0 Å². The van der Waals surface area contributed by atoms with Crippen molar-refractivity contribution >= 4 is 0 Å². The lowest BCUT2D eigenvalue weighted by Crippen LogP contribution is -2.60. The van der Waals surface area contributed by atoms with E-state index in [9.17, 15) is 0 Å². The van der Waals surface area contributed by atoms with Crippen LogP contribution in [-0.4, -0.2) is 0 Å². The monoisotopic (exact) mass is 150 g/mol. The highest BCUT2D eigenvalue weighted by atomic mass is 14.7. The Bertz CT molecular complexity index is 196. The molecule has 0 saturated heterocycles. The number of rotatable bonds is 0. The Hall–Kier alpha value is 0. The first-order chi connectivity index (χ1) is 5.23. The molecule has 3 aliphatic rings. The van der Waals surface area contributed by atoms with Gasteiger partial charge in [-0.05, 0) is 48.3 Å². The zero-order valence-electron chi connectivity index (χ0n) is 7.64. The fourth-order valence-corrected chi connectivity index (χ4v) is 4.59. The summed E-state index contributed by atoms with van der Waals surface area (Å²) in [4.78, 5) is 0. The molecule has 0 aromatic heterocycles. The first-order valence-corrected chi connectivity index (χ1v) is 5.23. The maximum Gasteiger partial charge on any atom is -0.0261 e. The molecular formula is C11H18. The summed E-state index contributed by atoms with van der Waals surface area (Å²) in [5.74, 6) is 4.53. The van der Waals surface area contributed by atoms with E-state index in [2.05, 4.69) is 13.8 Å². The smallest absolute Gasteiger partial charge is 0.0261 e. The first-order valence-electron chi connectivity index (χ1n) is 5.23. The Morgan fingerprint density at radius 3 is 2.55 bits per heavy atom. The Kier molecular flexibility index (Phi) is 0.990. The number of hydrogen-bond acceptors (Lipinski definition) is 0. The van der Waals surface area contributed by atoms with Gasteiger partial charge in [0.15, 0.2) is 0 Å². The summed E-state index contributed by atoms with van der Waals surface area (Å²) in [6.07, 6.45) is 6.20. The summed E-state index contributed by atoms with van der Waals surface area (Å²) in [5, 5.41) is 0. The maximum atomic E-state index is 2.55. The van der Waals surface area contributed by atoms with Gasteiger partial charge in [0, 0.05) is 0 Å². The Balaban J connectivity index is 1.91. The van der Waals surface area contributed by atoms with Crippen LogP contribution in [0, 0.1) is 29.1 Å². The van der Waals surface area contributed by atoms with Crippen LogP contribution in [0.4, 0.5) is 0 Å². The van der Waals surface area contributed by atoms with Crippen molar-refractivity contribution in [1.29, 1.82) is 0 Å². The van der Waals surface area contributed by atoms with Gasteiger partial charge in [0.1, 0.15) is 0 Å². The van der Waals surface area contributed by atoms with Crippen LogP contribution in [0.2, 0.25) is 0 Å². The lowest BCUT2D eigenvalue weighted by atomic mass is 9.38. The molecule has 5 unspecified atom stereocenters. The van der Waals surface area contributed by atoms with E-state index in [1.165, 1.54) is 12.3 Å². The standard InChI is InChI=1S/C11H18/c1-7-3-4-8-9-5-6-11(9,2)10(7)8/h7-10H,3-6H2,1-2H3. The molecule has 0 aromatic carbocycles. The van der Waals surface area contributed by atoms with Crippen molar-refractivity contribution in [2.45, 2.75) is 39.5 Å². The summed E-state index contributed by atoms with van der Waals surface area (Å²) < 4.78 is 0. The van der Waals surface area contributed by atoms with Crippen molar-refractivity contribution in [3.8, 4) is 0 Å². The van der Waals surface area contributed by atoms with Gasteiger partial charge in [0.25, 0.3) is 0 Å². The zero-order chi connectivity index (χ0) is 7.64. The molecule has 0 nitrogen and oxygen atoms in total. The normalized spacial score (nSPS) is 66.0. The van der Waals surface area contributed by atoms with Gasteiger partial charge in [-0.3, -0.25) is 0 Å². The van der Waals surface area contributed by atoms with Crippen LogP contribution in [0.3, 0.4) is 0 Å². The van der Waals surface area contributed by atoms with Crippen LogP contribution in [0.5, 0.6) is 0 Å². The van der Waals surface area contributed by atoms with E-state index in [1.807, 2.05) is 0 Å². The minimum atomic E-state index is 0.834. The highest BCUT2D eigenvalue weighted by Gasteiger charge is 2.66. The lowest BCUT2D eigenvalue weighted by Gasteiger charge is -2.67. The number of hydrogen-bond donors (Lipinski definition) is 0. The van der Waals surface area contributed by atoms with Gasteiger partial charge in [-0.2, -0.15) is 0 Å². The predicted octanol–water partition coefficient (Wildman–Crippen LogP) is 3.08. The van der Waals surface area contributed by atoms with Gasteiger partial charge in [0.2, 0.25) is 0 Å². The fraction of sp³-hybridized carbons (Fsp3) is 1.00. The van der Waals surface area contributed by atoms with Crippen molar-refractivity contribution in [3.05, 3.63) is 0 Å². The molecule has 0 heterocycles. The van der Waals surface area contributed by atoms with Crippen LogP contribution in [0.15, 0.2) is 0 Å². The predicted molar refractivity (Wildman–Crippen MR) is 46.2 cm³/mol. The average molecular weight is 150 g/mol. The van der Waals surface area contributed by atoms with Crippen LogP contribution in [-0.2, 0) is 0 Å². The van der Waals surface area contributed by atoms with Gasteiger partial charge in [-0.25, -0.2) is 0 Å². The zero-order valence-corrected chi connectivity index (χ0v) is 7.64. The van der Waals surface area contributed by atoms with Gasteiger partial charge in [-0.1, -0.05) is 20.3 Å². The quantitative estimate of drug-likeness (QED) is 0.498. The molecular weight excluding hydrogens is 132 g/mol. The van der Waals surface area contributed by atoms with E-state index in [4.69, 9.17) is 0 Å². The molecule has 3 aliphatic carbocycles. The third-order valence-electron chi connectivity index (χ3n) is 5.15. The second-order valence-electron chi connectivity index (χ2n) is 5.40. The minimum Gasteiger partial charge on any atom is -0.0622 e. The Labute approximate surface area is 69.4 Å². The SMILES string of the molecule is CC1CCC2C3CCC3(C)C12. The van der Waals surface area contributed by atoms with Crippen molar-refractivity contribution in [1.82, 2.24) is 0 Å². The topological polar surface area (TPSA) is 0 Å². The molecule has 0 N–H and O–H groups in total. The van der Waals surface area contributed by atoms with Crippen LogP contribution in [0.1, 0.15) is 39.5 Å². The van der Waals surface area contributed by atoms with Gasteiger partial charge < -0.3 is 0 Å². The summed E-state index contributed by atoms with van der Waals surface area (Å²) in [6, 6.07) is 0. The molecule has 3 rings (SSSR count). The molecule has 0 spiro atoms. The second-order valence-corrected chi connectivity index (χ2v) is 5.40. The molecule has 0 radical (unpaired) electrons. The maximum absolute atomic E-state index is 2.55. The highest BCUT2D eigenvalue weighted by molar-refractivity contribution is 5.14. The molecule has 0 amide bonds. The second kappa shape index (κ2) is 1.67. The first kappa shape index (κ1) is 6.51. The summed E-state index contributed by atoms with van der Waals surface area (Å²) in [5.41, 5.74) is 0.834. The molecule has 0 bridgehead atoms. The summed E-state index contributed by atoms with van der Waals surface area (Å²) in [7, 11) is 0. The Morgan fingerprint density at radius 1 is 1.18 bits per heavy atom. The largest absolute Gasteiger partial charge is 0.0622 e. The molecule has 5 atom stereocenters. The van der Waals surface area contributed by atoms with Gasteiger partial charge >= 0.3 is 0 Å². The third kappa shape index (κ3) is 0.522. The van der Waals surface area contributed by atoms with E-state index in [0.29, 0.717) is 0 Å². The van der Waals surface area contributed by atoms with E-state index in [0.717, 1.165) is 23.2 Å². The molecule has 3 saturated carbocycles. The molecule has 62 valence electrons. The van der Waals surface area contributed by atoms with Crippen molar-refractivity contribution in [3.63, 3.8) is 0 Å². The Morgan fingerprint density at radius 2 is 2.00 bits per heavy atom. The van der Waals surface area contributed by atoms with Crippen molar-refractivity contribution in [2.75, 3.05) is 0 Å². The summed E-state index contributed by atoms with van der Waals surface area (Å²) in [6.45, 7) is 5.02. The van der Waals surface area contributed by atoms with Crippen LogP contribution in [0.25, 0.3) is 0 Å². The van der Waals surface area contributed by atoms with Crippen molar-refractivity contribution < 1.29 is 0 Å². The summed E-state index contributed by atoms with van der Waals surface area (Å²) >= 11 is 0. The minimum absolute atomic E-state index is 0.834. The average Bonchev–Trinajstić information content (AvgIpc) is 2.28. The molecule has 0 aromatic rings. The molecule has 0 aliphatic heterocycles. The highest BCUT2D eigenvalue weighted by Crippen LogP contribution is 2.73. The van der Waals surface area contributed by atoms with E-state index < -0.39 is 0 Å². The lowest BCUT2D eigenvalue weighted by molar-refractivity contribution is -0.185. The van der Waals surface area contributed by atoms with Crippen molar-refractivity contribution in [2.24, 2.45) is 29.1 Å². The molecule has 11 heavy (non-hydrogen) atoms. The van der Waals surface area contributed by atoms with E-state index in [-0.39, 0.29) is 0 Å². The molecule has 3 fully saturated rings. The van der Waals surface area contributed by atoms with E-state index in [1.54, 1.807) is 19.3 Å². The van der Waals surface area contributed by atoms with Gasteiger partial charge in [0.05, 0.1) is 0 Å². The molecule has 0 heteroatoms. The fourth-order valence-electron chi connectivity index (χ4n) is 4.59. The van der Waals surface area contributed by atoms with Crippen LogP contribution < -0.4 is 0 Å². The van der Waals surface area contributed by atoms with E-state index >= 15 is 0 Å². The van der Waals surface area contributed by atoms with Crippen LogP contribution >= 0.6 is 0 Å². The number of fused-ring (bicyclic) bond motifs is 4.